The molecule has 2 aromatic carbocycles. The molecule has 5 nitrogen and oxygen atoms in total. The Labute approximate surface area is 138 Å². The van der Waals surface area contributed by atoms with E-state index in [9.17, 15) is 4.79 Å². The van der Waals surface area contributed by atoms with Gasteiger partial charge in [-0.25, -0.2) is 4.79 Å². The summed E-state index contributed by atoms with van der Waals surface area (Å²) in [5.41, 5.74) is 2.22. The first kappa shape index (κ1) is 15.7. The van der Waals surface area contributed by atoms with E-state index in [0.29, 0.717) is 17.1 Å². The third-order valence-corrected chi connectivity index (χ3v) is 3.60. The SMILES string of the molecule is COc1cccc(-c2cc3cc(/C=C/C(=O)O)cc(OC)c3o2)c1. The first-order valence-corrected chi connectivity index (χ1v) is 7.27. The molecule has 0 atom stereocenters. The normalized spacial score (nSPS) is 11.1. The molecule has 0 unspecified atom stereocenters. The predicted molar refractivity (Wildman–Crippen MR) is 91.4 cm³/mol. The van der Waals surface area contributed by atoms with Crippen molar-refractivity contribution in [3.05, 3.63) is 54.1 Å². The molecule has 0 radical (unpaired) electrons. The fraction of sp³-hybridized carbons (Fsp3) is 0.105. The second-order valence-electron chi connectivity index (χ2n) is 5.16. The second kappa shape index (κ2) is 6.50. The smallest absolute Gasteiger partial charge is 0.328 e. The Morgan fingerprint density at radius 1 is 1.12 bits per heavy atom. The number of methoxy groups -OCH3 is 2. The number of carboxylic acids is 1. The van der Waals surface area contributed by atoms with Crippen LogP contribution < -0.4 is 9.47 Å². The third-order valence-electron chi connectivity index (χ3n) is 3.60. The molecule has 3 rings (SSSR count). The fourth-order valence-electron chi connectivity index (χ4n) is 2.48. The monoisotopic (exact) mass is 324 g/mol. The van der Waals surface area contributed by atoms with Crippen LogP contribution in [0.1, 0.15) is 5.56 Å². The maximum atomic E-state index is 10.7. The molecule has 0 spiro atoms. The Morgan fingerprint density at radius 2 is 1.96 bits per heavy atom. The lowest BCUT2D eigenvalue weighted by molar-refractivity contribution is -0.131. The van der Waals surface area contributed by atoms with Crippen LogP contribution in [0.3, 0.4) is 0 Å². The number of fused-ring (bicyclic) bond motifs is 1. The van der Waals surface area contributed by atoms with Gasteiger partial charge in [0.1, 0.15) is 11.5 Å². The number of carbonyl (C=O) groups is 1. The van der Waals surface area contributed by atoms with Crippen LogP contribution in [0.25, 0.3) is 28.4 Å². The zero-order valence-corrected chi connectivity index (χ0v) is 13.3. The van der Waals surface area contributed by atoms with Crippen molar-refractivity contribution in [2.24, 2.45) is 0 Å². The van der Waals surface area contributed by atoms with Crippen molar-refractivity contribution in [2.75, 3.05) is 14.2 Å². The van der Waals surface area contributed by atoms with Gasteiger partial charge in [0.25, 0.3) is 0 Å². The Bertz CT molecular complexity index is 921. The van der Waals surface area contributed by atoms with Crippen molar-refractivity contribution in [1.29, 1.82) is 0 Å². The topological polar surface area (TPSA) is 68.9 Å². The van der Waals surface area contributed by atoms with Gasteiger partial charge in [-0.1, -0.05) is 12.1 Å². The lowest BCUT2D eigenvalue weighted by atomic mass is 10.1. The van der Waals surface area contributed by atoms with E-state index in [-0.39, 0.29) is 0 Å². The molecule has 122 valence electrons. The van der Waals surface area contributed by atoms with Crippen LogP contribution >= 0.6 is 0 Å². The summed E-state index contributed by atoms with van der Waals surface area (Å²) in [5.74, 6) is 0.969. The van der Waals surface area contributed by atoms with Gasteiger partial charge in [0.15, 0.2) is 11.3 Å². The van der Waals surface area contributed by atoms with E-state index < -0.39 is 5.97 Å². The molecule has 0 aliphatic rings. The molecular formula is C19H16O5. The standard InChI is InChI=1S/C19H16O5/c1-22-15-5-3-4-13(10-15)16-11-14-8-12(6-7-18(20)21)9-17(23-2)19(14)24-16/h3-11H,1-2H3,(H,20,21)/b7-6+. The highest BCUT2D eigenvalue weighted by molar-refractivity contribution is 5.91. The summed E-state index contributed by atoms with van der Waals surface area (Å²) in [5, 5.41) is 9.60. The highest BCUT2D eigenvalue weighted by Gasteiger charge is 2.12. The van der Waals surface area contributed by atoms with Crippen LogP contribution in [-0.4, -0.2) is 25.3 Å². The molecule has 5 heteroatoms. The van der Waals surface area contributed by atoms with Crippen LogP contribution in [0.15, 0.2) is 53.0 Å². The summed E-state index contributed by atoms with van der Waals surface area (Å²) < 4.78 is 16.5. The number of aliphatic carboxylic acids is 1. The Balaban J connectivity index is 2.10. The van der Waals surface area contributed by atoms with Crippen molar-refractivity contribution < 1.29 is 23.8 Å². The molecule has 0 aliphatic carbocycles. The van der Waals surface area contributed by atoms with Crippen LogP contribution in [-0.2, 0) is 4.79 Å². The van der Waals surface area contributed by atoms with Crippen molar-refractivity contribution in [2.45, 2.75) is 0 Å². The molecule has 0 saturated carbocycles. The van der Waals surface area contributed by atoms with E-state index in [4.69, 9.17) is 19.0 Å². The number of rotatable bonds is 5. The van der Waals surface area contributed by atoms with E-state index in [1.54, 1.807) is 20.3 Å². The van der Waals surface area contributed by atoms with Gasteiger partial charge in [0, 0.05) is 17.0 Å². The number of furan rings is 1. The van der Waals surface area contributed by atoms with E-state index in [0.717, 1.165) is 28.3 Å². The van der Waals surface area contributed by atoms with Crippen molar-refractivity contribution in [1.82, 2.24) is 0 Å². The zero-order chi connectivity index (χ0) is 17.1. The predicted octanol–water partition coefficient (Wildman–Crippen LogP) is 4.21. The summed E-state index contributed by atoms with van der Waals surface area (Å²) in [6.45, 7) is 0. The number of benzene rings is 2. The maximum Gasteiger partial charge on any atom is 0.328 e. The van der Waals surface area contributed by atoms with Gasteiger partial charge in [-0.15, -0.1) is 0 Å². The van der Waals surface area contributed by atoms with Crippen molar-refractivity contribution in [3.63, 3.8) is 0 Å². The molecule has 1 N–H and O–H groups in total. The van der Waals surface area contributed by atoms with Gasteiger partial charge >= 0.3 is 5.97 Å². The Morgan fingerprint density at radius 3 is 2.67 bits per heavy atom. The third kappa shape index (κ3) is 3.10. The average molecular weight is 324 g/mol. The minimum atomic E-state index is -1.00. The van der Waals surface area contributed by atoms with Gasteiger partial charge < -0.3 is 19.0 Å². The first-order valence-electron chi connectivity index (χ1n) is 7.27. The molecular weight excluding hydrogens is 308 g/mol. The number of hydrogen-bond donors (Lipinski definition) is 1. The second-order valence-corrected chi connectivity index (χ2v) is 5.16. The van der Waals surface area contributed by atoms with E-state index in [1.807, 2.05) is 36.4 Å². The molecule has 3 aromatic rings. The Hall–Kier alpha value is -3.21. The van der Waals surface area contributed by atoms with Crippen molar-refractivity contribution >= 4 is 23.0 Å². The quantitative estimate of drug-likeness (QED) is 0.712. The lowest BCUT2D eigenvalue weighted by Crippen LogP contribution is -1.87. The highest BCUT2D eigenvalue weighted by Crippen LogP contribution is 2.35. The molecule has 0 saturated heterocycles. The van der Waals surface area contributed by atoms with E-state index in [1.165, 1.54) is 6.08 Å². The van der Waals surface area contributed by atoms with Crippen LogP contribution in [0.4, 0.5) is 0 Å². The molecule has 1 aromatic heterocycles. The number of hydrogen-bond acceptors (Lipinski definition) is 4. The molecule has 0 fully saturated rings. The minimum Gasteiger partial charge on any atom is -0.497 e. The molecule has 0 bridgehead atoms. The Kier molecular flexibility index (Phi) is 4.24. The number of ether oxygens (including phenoxy) is 2. The minimum absolute atomic E-state index is 0.548. The van der Waals surface area contributed by atoms with Gasteiger partial charge in [-0.2, -0.15) is 0 Å². The molecule has 1 heterocycles. The van der Waals surface area contributed by atoms with Crippen LogP contribution in [0.2, 0.25) is 0 Å². The largest absolute Gasteiger partial charge is 0.497 e. The average Bonchev–Trinajstić information content (AvgIpc) is 3.03. The summed E-state index contributed by atoms with van der Waals surface area (Å²) in [6.07, 6.45) is 2.60. The van der Waals surface area contributed by atoms with Gasteiger partial charge in [0.05, 0.1) is 14.2 Å². The molecule has 0 amide bonds. The van der Waals surface area contributed by atoms with Gasteiger partial charge in [-0.05, 0) is 42.0 Å². The van der Waals surface area contributed by atoms with E-state index >= 15 is 0 Å². The van der Waals surface area contributed by atoms with Crippen LogP contribution in [0, 0.1) is 0 Å². The molecule has 24 heavy (non-hydrogen) atoms. The first-order chi connectivity index (χ1) is 11.6. The molecule has 0 aliphatic heterocycles. The summed E-state index contributed by atoms with van der Waals surface area (Å²) in [6, 6.07) is 13.0. The summed E-state index contributed by atoms with van der Waals surface area (Å²) in [4.78, 5) is 10.7. The fourth-order valence-corrected chi connectivity index (χ4v) is 2.48. The summed E-state index contributed by atoms with van der Waals surface area (Å²) in [7, 11) is 3.16. The lowest BCUT2D eigenvalue weighted by Gasteiger charge is -2.03. The van der Waals surface area contributed by atoms with Gasteiger partial charge in [-0.3, -0.25) is 0 Å². The van der Waals surface area contributed by atoms with Crippen molar-refractivity contribution in [3.8, 4) is 22.8 Å². The van der Waals surface area contributed by atoms with E-state index in [2.05, 4.69) is 0 Å². The van der Waals surface area contributed by atoms with Crippen LogP contribution in [0.5, 0.6) is 11.5 Å². The summed E-state index contributed by atoms with van der Waals surface area (Å²) >= 11 is 0. The number of carboxylic acid groups (broad SMARTS) is 1. The highest BCUT2D eigenvalue weighted by atomic mass is 16.5. The maximum absolute atomic E-state index is 10.7. The zero-order valence-electron chi connectivity index (χ0n) is 13.3. The van der Waals surface area contributed by atoms with Gasteiger partial charge in [0.2, 0.25) is 0 Å².